The molecule has 0 unspecified atom stereocenters. The maximum Gasteiger partial charge on any atom is 0.156 e. The van der Waals surface area contributed by atoms with Gasteiger partial charge in [-0.1, -0.05) is 17.8 Å². The van der Waals surface area contributed by atoms with E-state index in [1.807, 2.05) is 36.2 Å². The molecule has 1 fully saturated rings. The quantitative estimate of drug-likeness (QED) is 0.894. The van der Waals surface area contributed by atoms with Crippen LogP contribution in [0.15, 0.2) is 29.4 Å². The second-order valence-corrected chi connectivity index (χ2v) is 5.95. The van der Waals surface area contributed by atoms with Crippen molar-refractivity contribution in [2.24, 2.45) is 4.99 Å². The molecule has 1 saturated heterocycles. The number of thioether (sulfide) groups is 1. The van der Waals surface area contributed by atoms with Crippen molar-refractivity contribution in [2.45, 2.75) is 32.2 Å². The molecular weight excluding hydrogens is 230 g/mol. The van der Waals surface area contributed by atoms with Crippen LogP contribution in [0.25, 0.3) is 0 Å². The molecule has 1 aromatic rings. The number of nitrogens with zero attached hydrogens (tertiary/aromatic N) is 2. The highest BCUT2D eigenvalue weighted by atomic mass is 32.2. The molecule has 3 nitrogen and oxygen atoms in total. The fourth-order valence-corrected chi connectivity index (χ4v) is 3.03. The first-order valence-corrected chi connectivity index (χ1v) is 7.00. The van der Waals surface area contributed by atoms with E-state index < -0.39 is 0 Å². The first-order chi connectivity index (χ1) is 8.16. The molecule has 2 rings (SSSR count). The van der Waals surface area contributed by atoms with E-state index in [2.05, 4.69) is 29.1 Å². The minimum absolute atomic E-state index is 0.190. The van der Waals surface area contributed by atoms with E-state index in [0.717, 1.165) is 29.6 Å². The zero-order valence-electron chi connectivity index (χ0n) is 10.4. The van der Waals surface area contributed by atoms with Gasteiger partial charge in [0.15, 0.2) is 5.17 Å². The average Bonchev–Trinajstić information content (AvgIpc) is 2.29. The largest absolute Gasteiger partial charge is 0.360 e. The third kappa shape index (κ3) is 4.04. The maximum absolute atomic E-state index is 4.60. The molecule has 4 heteroatoms. The number of aliphatic imine (C=N–C) groups is 1. The first kappa shape index (κ1) is 12.4. The van der Waals surface area contributed by atoms with Crippen molar-refractivity contribution in [3.63, 3.8) is 0 Å². The highest BCUT2D eigenvalue weighted by molar-refractivity contribution is 8.13. The lowest BCUT2D eigenvalue weighted by Crippen LogP contribution is -2.46. The maximum atomic E-state index is 4.60. The molecule has 1 N–H and O–H groups in total. The first-order valence-electron chi connectivity index (χ1n) is 6.01. The molecule has 1 aliphatic heterocycles. The Morgan fingerprint density at radius 3 is 3.06 bits per heavy atom. The van der Waals surface area contributed by atoms with Crippen molar-refractivity contribution in [1.29, 1.82) is 0 Å². The van der Waals surface area contributed by atoms with Crippen molar-refractivity contribution in [1.82, 2.24) is 10.3 Å². The lowest BCUT2D eigenvalue weighted by molar-refractivity contribution is 0.446. The standard InChI is InChI=1S/C13H19N3S/c1-13(2)7-10-17-12(16-13)15-9-6-11-5-3-4-8-14-11/h3-5,8H,6-7,9-10H2,1-2H3,(H,15,16). The van der Waals surface area contributed by atoms with E-state index in [4.69, 9.17) is 0 Å². The van der Waals surface area contributed by atoms with Crippen LogP contribution in [0.2, 0.25) is 0 Å². The van der Waals surface area contributed by atoms with Crippen LogP contribution < -0.4 is 5.32 Å². The SMILES string of the molecule is CC1(C)CCSC(=NCCc2ccccn2)N1. The summed E-state index contributed by atoms with van der Waals surface area (Å²) in [6.07, 6.45) is 3.93. The van der Waals surface area contributed by atoms with Crippen LogP contribution in [0.4, 0.5) is 0 Å². The molecule has 0 aromatic carbocycles. The van der Waals surface area contributed by atoms with Gasteiger partial charge in [-0.05, 0) is 32.4 Å². The minimum Gasteiger partial charge on any atom is -0.360 e. The van der Waals surface area contributed by atoms with Crippen molar-refractivity contribution < 1.29 is 0 Å². The van der Waals surface area contributed by atoms with Gasteiger partial charge in [-0.25, -0.2) is 0 Å². The van der Waals surface area contributed by atoms with E-state index in [0.29, 0.717) is 0 Å². The number of amidine groups is 1. The number of hydrogen-bond acceptors (Lipinski definition) is 3. The number of nitrogens with one attached hydrogen (secondary N) is 1. The molecule has 1 aliphatic rings. The monoisotopic (exact) mass is 249 g/mol. The molecule has 0 saturated carbocycles. The molecule has 0 radical (unpaired) electrons. The van der Waals surface area contributed by atoms with Gasteiger partial charge in [0.05, 0.1) is 0 Å². The molecule has 0 aliphatic carbocycles. The summed E-state index contributed by atoms with van der Waals surface area (Å²) in [5.74, 6) is 1.16. The third-order valence-corrected chi connectivity index (χ3v) is 3.67. The molecule has 0 spiro atoms. The Morgan fingerprint density at radius 1 is 1.47 bits per heavy atom. The second-order valence-electron chi connectivity index (χ2n) is 4.87. The Bertz CT molecular complexity index is 387. The normalized spacial score (nSPS) is 21.2. The van der Waals surface area contributed by atoms with Gasteiger partial charge in [0.1, 0.15) is 0 Å². The Balaban J connectivity index is 1.85. The number of hydrogen-bond donors (Lipinski definition) is 1. The second kappa shape index (κ2) is 5.54. The van der Waals surface area contributed by atoms with Crippen molar-refractivity contribution >= 4 is 16.9 Å². The predicted octanol–water partition coefficient (Wildman–Crippen LogP) is 2.49. The van der Waals surface area contributed by atoms with Crippen molar-refractivity contribution in [3.8, 4) is 0 Å². The summed E-state index contributed by atoms with van der Waals surface area (Å²) < 4.78 is 0. The summed E-state index contributed by atoms with van der Waals surface area (Å²) >= 11 is 1.82. The Hall–Kier alpha value is -1.03. The van der Waals surface area contributed by atoms with E-state index in [9.17, 15) is 0 Å². The van der Waals surface area contributed by atoms with Crippen molar-refractivity contribution in [2.75, 3.05) is 12.3 Å². The van der Waals surface area contributed by atoms with Gasteiger partial charge in [0, 0.05) is 36.1 Å². The van der Waals surface area contributed by atoms with E-state index in [1.165, 1.54) is 6.42 Å². The average molecular weight is 249 g/mol. The summed E-state index contributed by atoms with van der Waals surface area (Å²) in [6.45, 7) is 5.25. The molecule has 17 heavy (non-hydrogen) atoms. The van der Waals surface area contributed by atoms with Crippen LogP contribution in [-0.4, -0.2) is 28.0 Å². The number of rotatable bonds is 3. The van der Waals surface area contributed by atoms with Crippen LogP contribution in [0.5, 0.6) is 0 Å². The van der Waals surface area contributed by atoms with Crippen LogP contribution in [0.1, 0.15) is 26.0 Å². The molecule has 0 atom stereocenters. The van der Waals surface area contributed by atoms with E-state index >= 15 is 0 Å². The van der Waals surface area contributed by atoms with Gasteiger partial charge in [-0.2, -0.15) is 0 Å². The summed E-state index contributed by atoms with van der Waals surface area (Å²) in [5, 5.41) is 4.55. The lowest BCUT2D eigenvalue weighted by atomic mass is 10.0. The minimum atomic E-state index is 0.190. The van der Waals surface area contributed by atoms with Crippen LogP contribution >= 0.6 is 11.8 Å². The summed E-state index contributed by atoms with van der Waals surface area (Å²) in [5.41, 5.74) is 1.30. The van der Waals surface area contributed by atoms with E-state index in [1.54, 1.807) is 0 Å². The van der Waals surface area contributed by atoms with Gasteiger partial charge < -0.3 is 5.32 Å². The van der Waals surface area contributed by atoms with Crippen LogP contribution in [0, 0.1) is 0 Å². The smallest absolute Gasteiger partial charge is 0.156 e. The number of pyridine rings is 1. The lowest BCUT2D eigenvalue weighted by Gasteiger charge is -2.32. The fraction of sp³-hybridized carbons (Fsp3) is 0.538. The van der Waals surface area contributed by atoms with Gasteiger partial charge in [0.25, 0.3) is 0 Å². The summed E-state index contributed by atoms with van der Waals surface area (Å²) in [7, 11) is 0. The molecule has 1 aromatic heterocycles. The Morgan fingerprint density at radius 2 is 2.35 bits per heavy atom. The Kier molecular flexibility index (Phi) is 4.05. The zero-order chi connectivity index (χ0) is 12.1. The van der Waals surface area contributed by atoms with Gasteiger partial charge in [0.2, 0.25) is 0 Å². The molecule has 0 bridgehead atoms. The molecular formula is C13H19N3S. The molecule has 2 heterocycles. The van der Waals surface area contributed by atoms with Gasteiger partial charge in [-0.15, -0.1) is 0 Å². The van der Waals surface area contributed by atoms with Gasteiger partial charge >= 0.3 is 0 Å². The van der Waals surface area contributed by atoms with Crippen molar-refractivity contribution in [3.05, 3.63) is 30.1 Å². The predicted molar refractivity (Wildman–Crippen MR) is 74.5 cm³/mol. The highest BCUT2D eigenvalue weighted by Crippen LogP contribution is 2.21. The fourth-order valence-electron chi connectivity index (χ4n) is 1.69. The highest BCUT2D eigenvalue weighted by Gasteiger charge is 2.23. The Labute approximate surface area is 107 Å². The summed E-state index contributed by atoms with van der Waals surface area (Å²) in [6, 6.07) is 6.01. The van der Waals surface area contributed by atoms with E-state index in [-0.39, 0.29) is 5.54 Å². The summed E-state index contributed by atoms with van der Waals surface area (Å²) in [4.78, 5) is 8.90. The molecule has 92 valence electrons. The zero-order valence-corrected chi connectivity index (χ0v) is 11.3. The number of aromatic nitrogens is 1. The topological polar surface area (TPSA) is 37.3 Å². The molecule has 0 amide bonds. The van der Waals surface area contributed by atoms with Gasteiger partial charge in [-0.3, -0.25) is 9.98 Å². The van der Waals surface area contributed by atoms with Crippen LogP contribution in [-0.2, 0) is 6.42 Å². The third-order valence-electron chi connectivity index (χ3n) is 2.76. The van der Waals surface area contributed by atoms with Crippen LogP contribution in [0.3, 0.4) is 0 Å².